The molecule has 0 aliphatic carbocycles. The lowest BCUT2D eigenvalue weighted by molar-refractivity contribution is -0.120. The molecule has 0 unspecified atom stereocenters. The van der Waals surface area contributed by atoms with E-state index in [-0.39, 0.29) is 12.3 Å². The van der Waals surface area contributed by atoms with Gasteiger partial charge in [0.1, 0.15) is 18.8 Å². The van der Waals surface area contributed by atoms with Gasteiger partial charge in [0.2, 0.25) is 5.91 Å². The summed E-state index contributed by atoms with van der Waals surface area (Å²) < 4.78 is 5.81. The van der Waals surface area contributed by atoms with Crippen LogP contribution in [-0.4, -0.2) is 37.0 Å². The number of ether oxygens (including phenoxy) is 1. The lowest BCUT2D eigenvalue weighted by Gasteiger charge is -2.19. The van der Waals surface area contributed by atoms with Crippen LogP contribution in [-0.2, 0) is 11.3 Å². The number of benzene rings is 1. The monoisotopic (exact) mass is 289 g/mol. The number of amides is 1. The van der Waals surface area contributed by atoms with E-state index in [0.29, 0.717) is 13.2 Å². The number of carbonyl (C=O) groups excluding carboxylic acids is 1. The van der Waals surface area contributed by atoms with E-state index < -0.39 is 0 Å². The Morgan fingerprint density at radius 1 is 1.33 bits per heavy atom. The van der Waals surface area contributed by atoms with Crippen LogP contribution in [0.25, 0.3) is 0 Å². The van der Waals surface area contributed by atoms with Crippen LogP contribution in [0.1, 0.15) is 25.8 Å². The lowest BCUT2D eigenvalue weighted by atomic mass is 10.2. The molecule has 0 saturated carbocycles. The van der Waals surface area contributed by atoms with Crippen molar-refractivity contribution in [3.63, 3.8) is 0 Å². The summed E-state index contributed by atoms with van der Waals surface area (Å²) in [4.78, 5) is 13.6. The van der Waals surface area contributed by atoms with Crippen LogP contribution >= 0.6 is 0 Å². The second-order valence-electron chi connectivity index (χ2n) is 4.59. The molecule has 21 heavy (non-hydrogen) atoms. The molecule has 0 bridgehead atoms. The van der Waals surface area contributed by atoms with Gasteiger partial charge in [-0.2, -0.15) is 5.26 Å². The molecule has 0 aliphatic rings. The molecule has 0 aromatic heterocycles. The van der Waals surface area contributed by atoms with E-state index in [9.17, 15) is 4.79 Å². The van der Waals surface area contributed by atoms with Crippen molar-refractivity contribution in [3.05, 3.63) is 29.8 Å². The summed E-state index contributed by atoms with van der Waals surface area (Å²) in [5.74, 6) is 0.511. The van der Waals surface area contributed by atoms with Crippen LogP contribution in [0.4, 0.5) is 0 Å². The molecule has 1 aromatic rings. The van der Waals surface area contributed by atoms with E-state index in [2.05, 4.69) is 24.1 Å². The summed E-state index contributed by atoms with van der Waals surface area (Å²) in [5.41, 5.74) is 0.920. The lowest BCUT2D eigenvalue weighted by Crippen LogP contribution is -2.28. The van der Waals surface area contributed by atoms with Crippen molar-refractivity contribution in [1.29, 1.82) is 5.26 Å². The number of rotatable bonds is 9. The topological polar surface area (TPSA) is 65.4 Å². The normalized spacial score (nSPS) is 10.2. The number of carbonyl (C=O) groups is 1. The molecule has 1 amide bonds. The highest BCUT2D eigenvalue weighted by Gasteiger charge is 2.06. The fourth-order valence-corrected chi connectivity index (χ4v) is 1.94. The van der Waals surface area contributed by atoms with Gasteiger partial charge in [-0.1, -0.05) is 32.0 Å². The highest BCUT2D eigenvalue weighted by molar-refractivity contribution is 5.78. The average molecular weight is 289 g/mol. The van der Waals surface area contributed by atoms with Crippen LogP contribution in [0.3, 0.4) is 0 Å². The third-order valence-electron chi connectivity index (χ3n) is 3.25. The molecular formula is C16H23N3O2. The molecule has 0 fully saturated rings. The minimum Gasteiger partial charge on any atom is -0.492 e. The predicted octanol–water partition coefficient (Wildman–Crippen LogP) is 1.94. The van der Waals surface area contributed by atoms with Gasteiger partial charge in [-0.25, -0.2) is 0 Å². The first-order valence-corrected chi connectivity index (χ1v) is 7.27. The van der Waals surface area contributed by atoms with Gasteiger partial charge in [-0.15, -0.1) is 0 Å². The van der Waals surface area contributed by atoms with Crippen LogP contribution in [0, 0.1) is 11.3 Å². The Morgan fingerprint density at radius 3 is 2.71 bits per heavy atom. The second-order valence-corrected chi connectivity index (χ2v) is 4.59. The second kappa shape index (κ2) is 9.78. The Balaban J connectivity index is 2.51. The molecule has 1 aromatic carbocycles. The summed E-state index contributed by atoms with van der Waals surface area (Å²) in [6, 6.07) is 9.46. The fraction of sp³-hybridized carbons (Fsp3) is 0.500. The van der Waals surface area contributed by atoms with Crippen molar-refractivity contribution in [2.75, 3.05) is 26.2 Å². The molecule has 0 aliphatic heterocycles. The first-order chi connectivity index (χ1) is 10.2. The van der Waals surface area contributed by atoms with Crippen molar-refractivity contribution >= 4 is 5.91 Å². The van der Waals surface area contributed by atoms with Gasteiger partial charge < -0.3 is 15.0 Å². The number of nitrogens with zero attached hydrogens (tertiary/aromatic N) is 2. The van der Waals surface area contributed by atoms with Gasteiger partial charge in [0.15, 0.2) is 0 Å². The Bertz CT molecular complexity index is 479. The van der Waals surface area contributed by atoms with Crippen molar-refractivity contribution < 1.29 is 9.53 Å². The summed E-state index contributed by atoms with van der Waals surface area (Å²) in [5, 5.41) is 11.2. The van der Waals surface area contributed by atoms with Crippen molar-refractivity contribution in [1.82, 2.24) is 10.2 Å². The number of hydrogen-bond donors (Lipinski definition) is 1. The van der Waals surface area contributed by atoms with Crippen LogP contribution in [0.2, 0.25) is 0 Å². The zero-order valence-electron chi connectivity index (χ0n) is 12.8. The number of nitriles is 1. The van der Waals surface area contributed by atoms with Gasteiger partial charge in [0.25, 0.3) is 0 Å². The molecular weight excluding hydrogens is 266 g/mol. The fourth-order valence-electron chi connectivity index (χ4n) is 1.94. The maximum absolute atomic E-state index is 11.3. The van der Waals surface area contributed by atoms with Gasteiger partial charge in [-0.3, -0.25) is 4.79 Å². The Labute approximate surface area is 126 Å². The molecule has 1 N–H and O–H groups in total. The summed E-state index contributed by atoms with van der Waals surface area (Å²) in [6.07, 6.45) is -0.120. The molecule has 5 heteroatoms. The summed E-state index contributed by atoms with van der Waals surface area (Å²) in [7, 11) is 0. The highest BCUT2D eigenvalue weighted by Crippen LogP contribution is 2.17. The third kappa shape index (κ3) is 6.28. The van der Waals surface area contributed by atoms with Gasteiger partial charge in [-0.05, 0) is 19.2 Å². The van der Waals surface area contributed by atoms with E-state index in [1.54, 1.807) is 0 Å². The maximum Gasteiger partial charge on any atom is 0.234 e. The van der Waals surface area contributed by atoms with E-state index in [1.165, 1.54) is 0 Å². The van der Waals surface area contributed by atoms with E-state index in [4.69, 9.17) is 10.00 Å². The Hall–Kier alpha value is -2.06. The minimum atomic E-state index is -0.268. The smallest absolute Gasteiger partial charge is 0.234 e. The van der Waals surface area contributed by atoms with E-state index in [0.717, 1.165) is 30.9 Å². The standard InChI is InChI=1S/C16H23N3O2/c1-3-19(4-2)11-12-21-15-8-6-5-7-14(15)13-18-16(20)9-10-17/h5-8H,3-4,9,11-13H2,1-2H3,(H,18,20). The Kier molecular flexibility index (Phi) is 7.92. The van der Waals surface area contributed by atoms with Crippen molar-refractivity contribution in [2.24, 2.45) is 0 Å². The number of likely N-dealkylation sites (N-methyl/N-ethyl adjacent to an activating group) is 1. The minimum absolute atomic E-state index is 0.120. The maximum atomic E-state index is 11.3. The SMILES string of the molecule is CCN(CC)CCOc1ccccc1CNC(=O)CC#N. The van der Waals surface area contributed by atoms with Gasteiger partial charge in [0.05, 0.1) is 6.07 Å². The van der Waals surface area contributed by atoms with Crippen molar-refractivity contribution in [2.45, 2.75) is 26.8 Å². The predicted molar refractivity (Wildman–Crippen MR) is 81.8 cm³/mol. The molecule has 114 valence electrons. The van der Waals surface area contributed by atoms with Gasteiger partial charge >= 0.3 is 0 Å². The van der Waals surface area contributed by atoms with Crippen LogP contribution < -0.4 is 10.1 Å². The molecule has 1 rings (SSSR count). The van der Waals surface area contributed by atoms with Crippen LogP contribution in [0.5, 0.6) is 5.75 Å². The first kappa shape index (κ1) is 17.0. The van der Waals surface area contributed by atoms with Crippen molar-refractivity contribution in [3.8, 4) is 11.8 Å². The molecule has 0 spiro atoms. The largest absolute Gasteiger partial charge is 0.492 e. The van der Waals surface area contributed by atoms with Crippen LogP contribution in [0.15, 0.2) is 24.3 Å². The zero-order valence-corrected chi connectivity index (χ0v) is 12.8. The zero-order chi connectivity index (χ0) is 15.5. The summed E-state index contributed by atoms with van der Waals surface area (Å²) >= 11 is 0. The Morgan fingerprint density at radius 2 is 2.05 bits per heavy atom. The quantitative estimate of drug-likeness (QED) is 0.754. The third-order valence-corrected chi connectivity index (χ3v) is 3.25. The molecule has 5 nitrogen and oxygen atoms in total. The number of para-hydroxylation sites is 1. The molecule has 0 saturated heterocycles. The van der Waals surface area contributed by atoms with E-state index in [1.807, 2.05) is 30.3 Å². The first-order valence-electron chi connectivity index (χ1n) is 7.27. The molecule has 0 radical (unpaired) electrons. The molecule has 0 heterocycles. The number of nitrogens with one attached hydrogen (secondary N) is 1. The molecule has 0 atom stereocenters. The van der Waals surface area contributed by atoms with E-state index >= 15 is 0 Å². The van der Waals surface area contributed by atoms with Gasteiger partial charge in [0, 0.05) is 18.7 Å². The summed E-state index contributed by atoms with van der Waals surface area (Å²) in [6.45, 7) is 8.14. The number of hydrogen-bond acceptors (Lipinski definition) is 4. The average Bonchev–Trinajstić information content (AvgIpc) is 2.51. The highest BCUT2D eigenvalue weighted by atomic mass is 16.5.